The molecule has 6 nitrogen and oxygen atoms in total. The van der Waals surface area contributed by atoms with E-state index in [2.05, 4.69) is 15.5 Å². The van der Waals surface area contributed by atoms with Crippen LogP contribution in [0.2, 0.25) is 5.02 Å². The average Bonchev–Trinajstić information content (AvgIpc) is 3.34. The van der Waals surface area contributed by atoms with Gasteiger partial charge in [0.2, 0.25) is 11.0 Å². The molecule has 1 aliphatic heterocycles. The van der Waals surface area contributed by atoms with Gasteiger partial charge in [0, 0.05) is 10.8 Å². The van der Waals surface area contributed by atoms with Gasteiger partial charge in [-0.1, -0.05) is 82.9 Å². The molecule has 0 saturated carbocycles. The Morgan fingerprint density at radius 3 is 2.64 bits per heavy atom. The molecular weight excluding hydrogens is 523 g/mol. The van der Waals surface area contributed by atoms with Gasteiger partial charge in [0.1, 0.15) is 16.7 Å². The van der Waals surface area contributed by atoms with E-state index in [1.54, 1.807) is 18.2 Å². The number of carbonyl (C=O) groups excluding carboxylic acids is 2. The van der Waals surface area contributed by atoms with Gasteiger partial charge in [-0.3, -0.25) is 19.8 Å². The fourth-order valence-electron chi connectivity index (χ4n) is 2.69. The summed E-state index contributed by atoms with van der Waals surface area (Å²) >= 11 is 15.0. The molecule has 1 aromatic heterocycles. The van der Waals surface area contributed by atoms with Crippen LogP contribution in [0.3, 0.4) is 0 Å². The third-order valence-corrected chi connectivity index (χ3v) is 7.94. The molecule has 0 aliphatic carbocycles. The van der Waals surface area contributed by atoms with Crippen LogP contribution in [0.25, 0.3) is 6.08 Å². The lowest BCUT2D eigenvalue weighted by atomic mass is 10.2. The fourth-order valence-corrected chi connectivity index (χ4v) is 5.80. The third kappa shape index (κ3) is 6.39. The highest BCUT2D eigenvalue weighted by Crippen LogP contribution is 2.33. The first kappa shape index (κ1) is 23.8. The van der Waals surface area contributed by atoms with Gasteiger partial charge in [-0.05, 0) is 41.5 Å². The van der Waals surface area contributed by atoms with Crippen LogP contribution in [-0.2, 0) is 15.3 Å². The third-order valence-electron chi connectivity index (χ3n) is 4.27. The van der Waals surface area contributed by atoms with Crippen molar-refractivity contribution in [2.24, 2.45) is 0 Å². The van der Waals surface area contributed by atoms with Gasteiger partial charge in [-0.25, -0.2) is 4.39 Å². The van der Waals surface area contributed by atoms with Crippen molar-refractivity contribution >= 4 is 86.0 Å². The van der Waals surface area contributed by atoms with Crippen LogP contribution in [0.15, 0.2) is 57.8 Å². The topological polar surface area (TPSA) is 75.2 Å². The number of anilines is 1. The molecule has 1 aliphatic rings. The number of aromatic nitrogens is 2. The number of rotatable bonds is 7. The van der Waals surface area contributed by atoms with Crippen molar-refractivity contribution < 1.29 is 14.0 Å². The molecule has 4 rings (SSSR count). The molecule has 0 unspecified atom stereocenters. The van der Waals surface area contributed by atoms with Gasteiger partial charge < -0.3 is 0 Å². The first-order valence-electron chi connectivity index (χ1n) is 9.39. The minimum absolute atomic E-state index is 0.238. The Balaban J connectivity index is 1.32. The molecule has 1 saturated heterocycles. The van der Waals surface area contributed by atoms with Gasteiger partial charge in [0.25, 0.3) is 5.91 Å². The van der Waals surface area contributed by atoms with Crippen LogP contribution in [0.5, 0.6) is 0 Å². The summed E-state index contributed by atoms with van der Waals surface area (Å²) in [6, 6.07) is 13.3. The highest BCUT2D eigenvalue weighted by Gasteiger charge is 2.33. The monoisotopic (exact) mass is 536 g/mol. The zero-order chi connectivity index (χ0) is 23.4. The Hall–Kier alpha value is -2.31. The molecule has 0 radical (unpaired) electrons. The van der Waals surface area contributed by atoms with Crippen LogP contribution in [-0.4, -0.2) is 37.8 Å². The number of nitrogens with zero attached hydrogens (tertiary/aromatic N) is 3. The van der Waals surface area contributed by atoms with Crippen molar-refractivity contribution in [1.82, 2.24) is 15.1 Å². The van der Waals surface area contributed by atoms with Crippen LogP contribution in [0.1, 0.15) is 11.1 Å². The zero-order valence-corrected chi connectivity index (χ0v) is 20.7. The summed E-state index contributed by atoms with van der Waals surface area (Å²) in [4.78, 5) is 26.7. The van der Waals surface area contributed by atoms with E-state index >= 15 is 0 Å². The van der Waals surface area contributed by atoms with E-state index in [9.17, 15) is 14.0 Å². The SMILES string of the molecule is O=C(CN1C(=O)/C(=C/c2ccc(F)cc2)SC1=S)Nc1nnc(SCc2ccc(Cl)cc2)s1. The van der Waals surface area contributed by atoms with Crippen molar-refractivity contribution in [3.63, 3.8) is 0 Å². The molecule has 0 bridgehead atoms. The van der Waals surface area contributed by atoms with E-state index in [0.29, 0.717) is 30.7 Å². The minimum atomic E-state index is -0.431. The van der Waals surface area contributed by atoms with Crippen molar-refractivity contribution in [3.8, 4) is 0 Å². The Morgan fingerprint density at radius 1 is 1.18 bits per heavy atom. The fraction of sp³-hybridized carbons (Fsp3) is 0.0952. The number of carbonyl (C=O) groups is 2. The normalized spacial score (nSPS) is 14.8. The maximum Gasteiger partial charge on any atom is 0.266 e. The summed E-state index contributed by atoms with van der Waals surface area (Å²) in [7, 11) is 0. The van der Waals surface area contributed by atoms with Gasteiger partial charge in [0.15, 0.2) is 4.34 Å². The van der Waals surface area contributed by atoms with E-state index in [4.69, 9.17) is 23.8 Å². The van der Waals surface area contributed by atoms with Crippen molar-refractivity contribution in [2.75, 3.05) is 11.9 Å². The Bertz CT molecular complexity index is 1230. The second kappa shape index (κ2) is 10.7. The zero-order valence-electron chi connectivity index (χ0n) is 16.7. The van der Waals surface area contributed by atoms with Crippen LogP contribution < -0.4 is 5.32 Å². The van der Waals surface area contributed by atoms with Crippen LogP contribution in [0.4, 0.5) is 9.52 Å². The summed E-state index contributed by atoms with van der Waals surface area (Å²) in [6.07, 6.45) is 1.62. The molecule has 2 aromatic carbocycles. The molecular formula is C21H14ClFN4O2S4. The lowest BCUT2D eigenvalue weighted by Gasteiger charge is -2.13. The number of halogens is 2. The summed E-state index contributed by atoms with van der Waals surface area (Å²) in [5, 5.41) is 11.7. The predicted molar refractivity (Wildman–Crippen MR) is 136 cm³/mol. The first-order chi connectivity index (χ1) is 15.9. The molecule has 2 heterocycles. The van der Waals surface area contributed by atoms with Gasteiger partial charge >= 0.3 is 0 Å². The summed E-state index contributed by atoms with van der Waals surface area (Å²) in [5.41, 5.74) is 1.76. The molecule has 1 fully saturated rings. The number of amides is 2. The molecule has 0 atom stereocenters. The van der Waals surface area contributed by atoms with E-state index in [1.807, 2.05) is 24.3 Å². The Morgan fingerprint density at radius 2 is 1.91 bits per heavy atom. The predicted octanol–water partition coefficient (Wildman–Crippen LogP) is 5.46. The summed E-state index contributed by atoms with van der Waals surface area (Å²) in [5.74, 6) is -0.475. The minimum Gasteiger partial charge on any atom is -0.299 e. The largest absolute Gasteiger partial charge is 0.299 e. The maximum atomic E-state index is 13.1. The number of thioether (sulfide) groups is 2. The number of hydrogen-bond donors (Lipinski definition) is 1. The smallest absolute Gasteiger partial charge is 0.266 e. The Kier molecular flexibility index (Phi) is 7.76. The average molecular weight is 537 g/mol. The van der Waals surface area contributed by atoms with E-state index in [-0.39, 0.29) is 22.6 Å². The van der Waals surface area contributed by atoms with Crippen molar-refractivity contribution in [3.05, 3.63) is 75.4 Å². The van der Waals surface area contributed by atoms with Crippen LogP contribution >= 0.6 is 58.7 Å². The van der Waals surface area contributed by atoms with Crippen molar-refractivity contribution in [2.45, 2.75) is 10.1 Å². The van der Waals surface area contributed by atoms with Crippen LogP contribution in [0, 0.1) is 5.82 Å². The second-order valence-corrected chi connectivity index (χ2v) is 11.0. The molecule has 2 amide bonds. The maximum absolute atomic E-state index is 13.1. The molecule has 12 heteroatoms. The lowest BCUT2D eigenvalue weighted by molar-refractivity contribution is -0.126. The molecule has 168 valence electrons. The summed E-state index contributed by atoms with van der Waals surface area (Å²) in [6.45, 7) is -0.238. The second-order valence-electron chi connectivity index (χ2n) is 6.66. The number of nitrogens with one attached hydrogen (secondary N) is 1. The highest BCUT2D eigenvalue weighted by molar-refractivity contribution is 8.26. The highest BCUT2D eigenvalue weighted by atomic mass is 35.5. The van der Waals surface area contributed by atoms with Gasteiger partial charge in [-0.2, -0.15) is 0 Å². The molecule has 1 N–H and O–H groups in total. The van der Waals surface area contributed by atoms with E-state index in [0.717, 1.165) is 17.3 Å². The quantitative estimate of drug-likeness (QED) is 0.186. The summed E-state index contributed by atoms with van der Waals surface area (Å²) < 4.78 is 14.1. The number of thiocarbonyl (C=S) groups is 1. The van der Waals surface area contributed by atoms with Crippen molar-refractivity contribution in [1.29, 1.82) is 0 Å². The standard InChI is InChI=1S/C21H14ClFN4O2S4/c22-14-5-1-13(2-6-14)11-31-20-26-25-19(33-20)24-17(28)10-27-18(29)16(32-21(27)30)9-12-3-7-15(23)8-4-12/h1-9H,10-11H2,(H,24,25,28)/b16-9-. The van der Waals surface area contributed by atoms with Gasteiger partial charge in [-0.15, -0.1) is 10.2 Å². The number of benzene rings is 2. The Labute approximate surface area is 211 Å². The molecule has 3 aromatic rings. The lowest BCUT2D eigenvalue weighted by Crippen LogP contribution is -2.36. The molecule has 0 spiro atoms. The number of hydrogen-bond acceptors (Lipinski definition) is 8. The first-order valence-corrected chi connectivity index (χ1v) is 12.8. The molecule has 33 heavy (non-hydrogen) atoms. The van der Waals surface area contributed by atoms with E-state index < -0.39 is 5.91 Å². The van der Waals surface area contributed by atoms with Gasteiger partial charge in [0.05, 0.1) is 4.91 Å². The van der Waals surface area contributed by atoms with E-state index in [1.165, 1.54) is 40.1 Å².